The Morgan fingerprint density at radius 1 is 1.05 bits per heavy atom. The number of nitrogens with zero attached hydrogens (tertiary/aromatic N) is 4. The minimum atomic E-state index is 0.326. The summed E-state index contributed by atoms with van der Waals surface area (Å²) in [5, 5.41) is 4.39. The predicted molar refractivity (Wildman–Crippen MR) is 74.7 cm³/mol. The van der Waals surface area contributed by atoms with E-state index in [4.69, 9.17) is 4.74 Å². The van der Waals surface area contributed by atoms with Gasteiger partial charge < -0.3 is 4.74 Å². The second kappa shape index (κ2) is 5.52. The van der Waals surface area contributed by atoms with Crippen molar-refractivity contribution in [3.63, 3.8) is 0 Å². The third-order valence-corrected chi connectivity index (χ3v) is 2.88. The zero-order valence-electron chi connectivity index (χ0n) is 11.1. The minimum absolute atomic E-state index is 0.326. The lowest BCUT2D eigenvalue weighted by Crippen LogP contribution is -2.01. The number of aromatic nitrogens is 4. The number of para-hydroxylation sites is 1. The normalized spacial score (nSPS) is 10.4. The molecule has 2 aromatic heterocycles. The summed E-state index contributed by atoms with van der Waals surface area (Å²) in [5.41, 5.74) is 1.83. The van der Waals surface area contributed by atoms with Crippen LogP contribution in [0.5, 0.6) is 5.75 Å². The molecule has 0 N–H and O–H groups in total. The average molecular weight is 266 g/mol. The lowest BCUT2D eigenvalue weighted by Gasteiger charge is -2.05. The number of benzene rings is 1. The number of hydrogen-bond acceptors (Lipinski definition) is 4. The molecule has 0 aliphatic rings. The maximum Gasteiger partial charge on any atom is 0.188 e. The molecule has 0 radical (unpaired) electrons. The van der Waals surface area contributed by atoms with Crippen molar-refractivity contribution in [2.45, 2.75) is 13.5 Å². The molecular weight excluding hydrogens is 252 g/mol. The lowest BCUT2D eigenvalue weighted by molar-refractivity contribution is 0.292. The standard InChI is InChI=1S/C15H14N4O/c1-12-14(8-5-9-16-12)20-10-15-17-11-19(18-15)13-6-3-2-4-7-13/h2-9,11H,10H2,1H3. The highest BCUT2D eigenvalue weighted by atomic mass is 16.5. The zero-order chi connectivity index (χ0) is 13.8. The molecule has 2 heterocycles. The summed E-state index contributed by atoms with van der Waals surface area (Å²) in [4.78, 5) is 8.42. The molecular formula is C15H14N4O. The van der Waals surface area contributed by atoms with E-state index in [1.54, 1.807) is 17.2 Å². The summed E-state index contributed by atoms with van der Waals surface area (Å²) in [6.45, 7) is 2.23. The van der Waals surface area contributed by atoms with Gasteiger partial charge in [0.2, 0.25) is 0 Å². The second-order valence-corrected chi connectivity index (χ2v) is 4.32. The quantitative estimate of drug-likeness (QED) is 0.728. The third kappa shape index (κ3) is 2.66. The van der Waals surface area contributed by atoms with Crippen molar-refractivity contribution in [3.8, 4) is 11.4 Å². The second-order valence-electron chi connectivity index (χ2n) is 4.32. The Morgan fingerprint density at radius 2 is 1.90 bits per heavy atom. The fourth-order valence-corrected chi connectivity index (χ4v) is 1.83. The van der Waals surface area contributed by atoms with Crippen LogP contribution in [0, 0.1) is 6.92 Å². The largest absolute Gasteiger partial charge is 0.484 e. The maximum atomic E-state index is 5.67. The van der Waals surface area contributed by atoms with Gasteiger partial charge in [0.15, 0.2) is 5.82 Å². The summed E-state index contributed by atoms with van der Waals surface area (Å²) in [6, 6.07) is 13.6. The molecule has 5 nitrogen and oxygen atoms in total. The number of rotatable bonds is 4. The van der Waals surface area contributed by atoms with E-state index >= 15 is 0 Å². The van der Waals surface area contributed by atoms with Gasteiger partial charge in [-0.1, -0.05) is 18.2 Å². The van der Waals surface area contributed by atoms with Crippen LogP contribution in [0.25, 0.3) is 5.69 Å². The fraction of sp³-hybridized carbons (Fsp3) is 0.133. The molecule has 3 rings (SSSR count). The molecule has 0 atom stereocenters. The highest BCUT2D eigenvalue weighted by molar-refractivity contribution is 5.29. The van der Waals surface area contributed by atoms with Gasteiger partial charge in [0.1, 0.15) is 18.7 Å². The summed E-state index contributed by atoms with van der Waals surface area (Å²) >= 11 is 0. The van der Waals surface area contributed by atoms with Crippen molar-refractivity contribution in [2.75, 3.05) is 0 Å². The van der Waals surface area contributed by atoms with Gasteiger partial charge in [0, 0.05) is 6.20 Å². The topological polar surface area (TPSA) is 52.8 Å². The lowest BCUT2D eigenvalue weighted by atomic mass is 10.3. The molecule has 3 aromatic rings. The monoisotopic (exact) mass is 266 g/mol. The molecule has 1 aromatic carbocycles. The Hall–Kier alpha value is -2.69. The van der Waals surface area contributed by atoms with Gasteiger partial charge in [-0.15, -0.1) is 5.10 Å². The van der Waals surface area contributed by atoms with Crippen LogP contribution >= 0.6 is 0 Å². The van der Waals surface area contributed by atoms with E-state index in [0.29, 0.717) is 12.4 Å². The summed E-state index contributed by atoms with van der Waals surface area (Å²) in [5.74, 6) is 1.39. The predicted octanol–water partition coefficient (Wildman–Crippen LogP) is 2.55. The first kappa shape index (κ1) is 12.3. The van der Waals surface area contributed by atoms with Crippen molar-refractivity contribution in [1.82, 2.24) is 19.7 Å². The van der Waals surface area contributed by atoms with Crippen LogP contribution in [0.1, 0.15) is 11.5 Å². The SMILES string of the molecule is Cc1ncccc1OCc1ncn(-c2ccccc2)n1. The van der Waals surface area contributed by atoms with E-state index in [0.717, 1.165) is 17.1 Å². The highest BCUT2D eigenvalue weighted by Gasteiger charge is 2.05. The zero-order valence-corrected chi connectivity index (χ0v) is 11.1. The molecule has 0 bridgehead atoms. The van der Waals surface area contributed by atoms with Crippen LogP contribution in [0.4, 0.5) is 0 Å². The minimum Gasteiger partial charge on any atom is -0.484 e. The molecule has 0 aliphatic heterocycles. The van der Waals surface area contributed by atoms with Gasteiger partial charge in [-0.25, -0.2) is 9.67 Å². The van der Waals surface area contributed by atoms with Crippen LogP contribution in [-0.4, -0.2) is 19.7 Å². The molecule has 100 valence electrons. The number of ether oxygens (including phenoxy) is 1. The van der Waals surface area contributed by atoms with Gasteiger partial charge in [-0.05, 0) is 31.2 Å². The number of aryl methyl sites for hydroxylation is 1. The van der Waals surface area contributed by atoms with E-state index in [-0.39, 0.29) is 0 Å². The fourth-order valence-electron chi connectivity index (χ4n) is 1.83. The van der Waals surface area contributed by atoms with E-state index in [1.807, 2.05) is 49.4 Å². The molecule has 0 spiro atoms. The van der Waals surface area contributed by atoms with Gasteiger partial charge in [-0.3, -0.25) is 4.98 Å². The first-order chi connectivity index (χ1) is 9.83. The van der Waals surface area contributed by atoms with Gasteiger partial charge in [0.05, 0.1) is 11.4 Å². The Balaban J connectivity index is 1.71. The number of hydrogen-bond donors (Lipinski definition) is 0. The van der Waals surface area contributed by atoms with Crippen LogP contribution < -0.4 is 4.74 Å². The highest BCUT2D eigenvalue weighted by Crippen LogP contribution is 2.14. The van der Waals surface area contributed by atoms with Crippen LogP contribution in [0.3, 0.4) is 0 Å². The number of pyridine rings is 1. The molecule has 0 saturated heterocycles. The maximum absolute atomic E-state index is 5.67. The molecule has 0 aliphatic carbocycles. The van der Waals surface area contributed by atoms with Gasteiger partial charge >= 0.3 is 0 Å². The van der Waals surface area contributed by atoms with Gasteiger partial charge in [0.25, 0.3) is 0 Å². The summed E-state index contributed by atoms with van der Waals surface area (Å²) < 4.78 is 7.40. The van der Waals surface area contributed by atoms with Crippen molar-refractivity contribution in [3.05, 3.63) is 66.5 Å². The molecule has 0 saturated carbocycles. The molecule has 5 heteroatoms. The van der Waals surface area contributed by atoms with Crippen LogP contribution in [0.15, 0.2) is 55.0 Å². The van der Waals surface area contributed by atoms with Crippen LogP contribution in [0.2, 0.25) is 0 Å². The third-order valence-electron chi connectivity index (χ3n) is 2.88. The molecule has 20 heavy (non-hydrogen) atoms. The van der Waals surface area contributed by atoms with Crippen molar-refractivity contribution >= 4 is 0 Å². The summed E-state index contributed by atoms with van der Waals surface area (Å²) in [6.07, 6.45) is 3.43. The summed E-state index contributed by atoms with van der Waals surface area (Å²) in [7, 11) is 0. The average Bonchev–Trinajstić information content (AvgIpc) is 2.96. The van der Waals surface area contributed by atoms with E-state index in [9.17, 15) is 0 Å². The molecule has 0 amide bonds. The molecule has 0 fully saturated rings. The van der Waals surface area contributed by atoms with E-state index < -0.39 is 0 Å². The van der Waals surface area contributed by atoms with Gasteiger partial charge in [-0.2, -0.15) is 0 Å². The smallest absolute Gasteiger partial charge is 0.188 e. The molecule has 0 unspecified atom stereocenters. The first-order valence-electron chi connectivity index (χ1n) is 6.33. The Kier molecular flexibility index (Phi) is 3.41. The Bertz CT molecular complexity index is 694. The van der Waals surface area contributed by atoms with Crippen molar-refractivity contribution in [2.24, 2.45) is 0 Å². The van der Waals surface area contributed by atoms with Crippen molar-refractivity contribution in [1.29, 1.82) is 0 Å². The van der Waals surface area contributed by atoms with Crippen molar-refractivity contribution < 1.29 is 4.74 Å². The Labute approximate surface area is 116 Å². The Morgan fingerprint density at radius 3 is 2.70 bits per heavy atom. The van der Waals surface area contributed by atoms with E-state index in [2.05, 4.69) is 15.1 Å². The van der Waals surface area contributed by atoms with Crippen LogP contribution in [-0.2, 0) is 6.61 Å². The first-order valence-corrected chi connectivity index (χ1v) is 6.33. The van der Waals surface area contributed by atoms with E-state index in [1.165, 1.54) is 0 Å².